The number of carbonyl (C=O) groups is 2. The van der Waals surface area contributed by atoms with Gasteiger partial charge < -0.3 is 14.8 Å². The van der Waals surface area contributed by atoms with Crippen molar-refractivity contribution in [1.29, 1.82) is 0 Å². The Balaban J connectivity index is 4.08. The maximum atomic E-state index is 12.4. The van der Waals surface area contributed by atoms with Gasteiger partial charge in [0.2, 0.25) is 0 Å². The van der Waals surface area contributed by atoms with E-state index in [1.807, 2.05) is 34.6 Å². The van der Waals surface area contributed by atoms with Gasteiger partial charge in [0.15, 0.2) is 0 Å². The third kappa shape index (κ3) is 14.8. The molecule has 28 heavy (non-hydrogen) atoms. The van der Waals surface area contributed by atoms with Crippen molar-refractivity contribution in [3.63, 3.8) is 0 Å². The maximum Gasteiger partial charge on any atom is 0.407 e. The van der Waals surface area contributed by atoms with Crippen molar-refractivity contribution in [2.45, 2.75) is 112 Å². The minimum Gasteiger partial charge on any atom is -0.464 e. The van der Waals surface area contributed by atoms with E-state index >= 15 is 0 Å². The Bertz CT molecular complexity index is 417. The van der Waals surface area contributed by atoms with Gasteiger partial charge in [-0.25, -0.2) is 9.59 Å². The molecule has 0 heterocycles. The van der Waals surface area contributed by atoms with Gasteiger partial charge in [-0.3, -0.25) is 0 Å². The van der Waals surface area contributed by atoms with Gasteiger partial charge in [-0.1, -0.05) is 99.3 Å². The van der Waals surface area contributed by atoms with Crippen molar-refractivity contribution in [3.8, 4) is 0 Å². The number of alkyl carbamates (subject to hydrolysis) is 1. The van der Waals surface area contributed by atoms with Gasteiger partial charge in [0.25, 0.3) is 0 Å². The average molecular weight is 400 g/mol. The summed E-state index contributed by atoms with van der Waals surface area (Å²) in [6.07, 6.45) is 11.2. The summed E-state index contributed by atoms with van der Waals surface area (Å²) < 4.78 is 10.7. The van der Waals surface area contributed by atoms with Crippen LogP contribution in [-0.2, 0) is 14.3 Å². The van der Waals surface area contributed by atoms with Gasteiger partial charge in [-0.15, -0.1) is 0 Å². The molecule has 5 nitrogen and oxygen atoms in total. The maximum absolute atomic E-state index is 12.4. The van der Waals surface area contributed by atoms with Crippen LogP contribution >= 0.6 is 0 Å². The van der Waals surface area contributed by atoms with Crippen molar-refractivity contribution < 1.29 is 19.1 Å². The molecule has 0 aliphatic carbocycles. The van der Waals surface area contributed by atoms with Crippen LogP contribution in [0.1, 0.15) is 106 Å². The van der Waals surface area contributed by atoms with E-state index in [1.54, 1.807) is 0 Å². The van der Waals surface area contributed by atoms with E-state index in [2.05, 4.69) is 12.2 Å². The largest absolute Gasteiger partial charge is 0.464 e. The molecule has 0 aliphatic heterocycles. The molecule has 0 aromatic heterocycles. The number of nitrogens with one attached hydrogen (secondary N) is 1. The lowest BCUT2D eigenvalue weighted by Gasteiger charge is -2.24. The molecule has 1 amide bonds. The summed E-state index contributed by atoms with van der Waals surface area (Å²) in [6.45, 7) is 12.9. The molecule has 0 spiro atoms. The SMILES string of the molecule is CCCCCCCCCCCOC(=O)C(NC(=O)OCC(C)(C)C)C(C)CC. The highest BCUT2D eigenvalue weighted by molar-refractivity contribution is 5.81. The highest BCUT2D eigenvalue weighted by atomic mass is 16.6. The molecule has 0 aliphatic rings. The summed E-state index contributed by atoms with van der Waals surface area (Å²) in [5, 5.41) is 2.69. The zero-order chi connectivity index (χ0) is 21.4. The minimum absolute atomic E-state index is 0.00203. The van der Waals surface area contributed by atoms with Crippen LogP contribution < -0.4 is 5.32 Å². The smallest absolute Gasteiger partial charge is 0.407 e. The van der Waals surface area contributed by atoms with E-state index in [-0.39, 0.29) is 17.3 Å². The van der Waals surface area contributed by atoms with Gasteiger partial charge in [0.1, 0.15) is 6.04 Å². The molecule has 1 N–H and O–H groups in total. The normalized spacial score (nSPS) is 13.6. The molecule has 5 heteroatoms. The van der Waals surface area contributed by atoms with Crippen LogP contribution in [0, 0.1) is 11.3 Å². The summed E-state index contributed by atoms with van der Waals surface area (Å²) >= 11 is 0. The van der Waals surface area contributed by atoms with E-state index in [0.29, 0.717) is 13.2 Å². The first kappa shape index (κ1) is 26.7. The van der Waals surface area contributed by atoms with E-state index in [4.69, 9.17) is 9.47 Å². The number of amides is 1. The number of hydrogen-bond donors (Lipinski definition) is 1. The topological polar surface area (TPSA) is 64.6 Å². The lowest BCUT2D eigenvalue weighted by Crippen LogP contribution is -2.46. The second-order valence-corrected chi connectivity index (χ2v) is 9.14. The predicted octanol–water partition coefficient (Wildman–Crippen LogP) is 6.25. The van der Waals surface area contributed by atoms with Crippen LogP contribution in [0.2, 0.25) is 0 Å². The van der Waals surface area contributed by atoms with E-state index in [1.165, 1.54) is 44.9 Å². The third-order valence-corrected chi connectivity index (χ3v) is 4.87. The van der Waals surface area contributed by atoms with Crippen molar-refractivity contribution in [2.24, 2.45) is 11.3 Å². The number of hydrogen-bond acceptors (Lipinski definition) is 4. The van der Waals surface area contributed by atoms with Crippen molar-refractivity contribution in [1.82, 2.24) is 5.32 Å². The van der Waals surface area contributed by atoms with Crippen LogP contribution in [0.5, 0.6) is 0 Å². The Morgan fingerprint density at radius 1 is 0.857 bits per heavy atom. The molecule has 0 bridgehead atoms. The van der Waals surface area contributed by atoms with Gasteiger partial charge in [-0.2, -0.15) is 0 Å². The van der Waals surface area contributed by atoms with Crippen LogP contribution in [-0.4, -0.2) is 31.3 Å². The van der Waals surface area contributed by atoms with Gasteiger partial charge in [0, 0.05) is 0 Å². The number of ether oxygens (including phenoxy) is 2. The zero-order valence-corrected chi connectivity index (χ0v) is 19.3. The first-order valence-electron chi connectivity index (χ1n) is 11.3. The molecule has 166 valence electrons. The summed E-state index contributed by atoms with van der Waals surface area (Å²) in [4.78, 5) is 24.4. The molecule has 0 radical (unpaired) electrons. The van der Waals surface area contributed by atoms with Crippen LogP contribution in [0.4, 0.5) is 4.79 Å². The first-order valence-corrected chi connectivity index (χ1v) is 11.3. The van der Waals surface area contributed by atoms with E-state index in [0.717, 1.165) is 19.3 Å². The molecule has 2 unspecified atom stereocenters. The second kappa shape index (κ2) is 15.6. The fourth-order valence-corrected chi connectivity index (χ4v) is 2.80. The fourth-order valence-electron chi connectivity index (χ4n) is 2.80. The highest BCUT2D eigenvalue weighted by Crippen LogP contribution is 2.14. The monoisotopic (exact) mass is 399 g/mol. The molecule has 0 aromatic rings. The van der Waals surface area contributed by atoms with E-state index < -0.39 is 12.1 Å². The molecule has 0 rings (SSSR count). The zero-order valence-electron chi connectivity index (χ0n) is 19.3. The standard InChI is InChI=1S/C23H45NO4/c1-7-9-10-11-12-13-14-15-16-17-27-21(25)20(19(3)8-2)24-22(26)28-18-23(4,5)6/h19-20H,7-18H2,1-6H3,(H,24,26). The third-order valence-electron chi connectivity index (χ3n) is 4.87. The molecule has 0 saturated heterocycles. The number of unbranched alkanes of at least 4 members (excludes halogenated alkanes) is 8. The molecule has 0 fully saturated rings. The number of rotatable bonds is 15. The number of esters is 1. The van der Waals surface area contributed by atoms with Crippen molar-refractivity contribution in [2.75, 3.05) is 13.2 Å². The highest BCUT2D eigenvalue weighted by Gasteiger charge is 2.28. The average Bonchev–Trinajstić information content (AvgIpc) is 2.64. The minimum atomic E-state index is -0.656. The van der Waals surface area contributed by atoms with Gasteiger partial charge >= 0.3 is 12.1 Å². The first-order chi connectivity index (χ1) is 13.2. The summed E-state index contributed by atoms with van der Waals surface area (Å²) in [7, 11) is 0. The Morgan fingerprint density at radius 2 is 1.39 bits per heavy atom. The predicted molar refractivity (Wildman–Crippen MR) is 115 cm³/mol. The molecular weight excluding hydrogens is 354 g/mol. The van der Waals surface area contributed by atoms with E-state index in [9.17, 15) is 9.59 Å². The van der Waals surface area contributed by atoms with Gasteiger partial charge in [0.05, 0.1) is 13.2 Å². The molecule has 0 aromatic carbocycles. The molecular formula is C23H45NO4. The lowest BCUT2D eigenvalue weighted by molar-refractivity contribution is -0.147. The van der Waals surface area contributed by atoms with Crippen LogP contribution in [0.3, 0.4) is 0 Å². The quantitative estimate of drug-likeness (QED) is 0.261. The summed E-state index contributed by atoms with van der Waals surface area (Å²) in [5.74, 6) is -0.362. The number of carbonyl (C=O) groups excluding carboxylic acids is 2. The Morgan fingerprint density at radius 3 is 1.89 bits per heavy atom. The second-order valence-electron chi connectivity index (χ2n) is 9.14. The lowest BCUT2D eigenvalue weighted by atomic mass is 9.98. The Kier molecular flexibility index (Phi) is 14.9. The molecule has 2 atom stereocenters. The van der Waals surface area contributed by atoms with Crippen LogP contribution in [0.25, 0.3) is 0 Å². The van der Waals surface area contributed by atoms with Crippen LogP contribution in [0.15, 0.2) is 0 Å². The van der Waals surface area contributed by atoms with Crippen molar-refractivity contribution in [3.05, 3.63) is 0 Å². The fraction of sp³-hybridized carbons (Fsp3) is 0.913. The Hall–Kier alpha value is -1.26. The summed E-state index contributed by atoms with van der Waals surface area (Å²) in [6, 6.07) is -0.656. The summed E-state index contributed by atoms with van der Waals surface area (Å²) in [5.41, 5.74) is -0.111. The van der Waals surface area contributed by atoms with Crippen molar-refractivity contribution >= 4 is 12.1 Å². The molecule has 0 saturated carbocycles. The van der Waals surface area contributed by atoms with Gasteiger partial charge in [-0.05, 0) is 17.8 Å². The Labute approximate surface area is 173 Å².